The molecule has 1 aromatic carbocycles. The summed E-state index contributed by atoms with van der Waals surface area (Å²) in [5, 5.41) is 13.4. The molecule has 7 nitrogen and oxygen atoms in total. The molecule has 0 radical (unpaired) electrons. The van der Waals surface area contributed by atoms with E-state index in [1.54, 1.807) is 13.0 Å². The molecule has 0 fully saturated rings. The van der Waals surface area contributed by atoms with Gasteiger partial charge in [-0.05, 0) is 43.0 Å². The lowest BCUT2D eigenvalue weighted by Crippen LogP contribution is -2.14. The maximum Gasteiger partial charge on any atom is 0.264 e. The summed E-state index contributed by atoms with van der Waals surface area (Å²) in [5.74, 6) is 0.693. The van der Waals surface area contributed by atoms with Crippen molar-refractivity contribution in [3.8, 4) is 5.82 Å². The Morgan fingerprint density at radius 1 is 1.23 bits per heavy atom. The van der Waals surface area contributed by atoms with Crippen molar-refractivity contribution in [2.24, 2.45) is 0 Å². The Kier molecular flexibility index (Phi) is 4.97. The van der Waals surface area contributed by atoms with Gasteiger partial charge in [-0.1, -0.05) is 26.0 Å². The molecule has 0 saturated heterocycles. The predicted octanol–water partition coefficient (Wildman–Crippen LogP) is 3.03. The van der Waals surface area contributed by atoms with Crippen molar-refractivity contribution in [2.75, 3.05) is 5.32 Å². The normalized spacial score (nSPS) is 12.0. The smallest absolute Gasteiger partial charge is 0.264 e. The lowest BCUT2D eigenvalue weighted by Gasteiger charge is -2.10. The topological polar surface area (TPSA) is 92.7 Å². The molecule has 0 aliphatic rings. The highest BCUT2D eigenvalue weighted by atomic mass is 16.1. The van der Waals surface area contributed by atoms with E-state index in [9.17, 15) is 9.59 Å². The molecule has 2 aromatic heterocycles. The molecule has 0 aliphatic heterocycles. The second-order valence-electron chi connectivity index (χ2n) is 6.22. The fourth-order valence-electron chi connectivity index (χ4n) is 2.65. The third-order valence-electron chi connectivity index (χ3n) is 4.49. The number of hydrogen-bond donors (Lipinski definition) is 2. The molecule has 7 heteroatoms. The molecule has 0 aliphatic carbocycles. The van der Waals surface area contributed by atoms with E-state index in [1.165, 1.54) is 22.5 Å². The van der Waals surface area contributed by atoms with Crippen LogP contribution in [0.2, 0.25) is 0 Å². The Bertz CT molecular complexity index is 952. The Morgan fingerprint density at radius 3 is 2.58 bits per heavy atom. The van der Waals surface area contributed by atoms with Gasteiger partial charge in [0.05, 0.1) is 17.5 Å². The molecule has 0 bridgehead atoms. The van der Waals surface area contributed by atoms with E-state index in [0.29, 0.717) is 23.0 Å². The van der Waals surface area contributed by atoms with Crippen LogP contribution in [0.5, 0.6) is 0 Å². The highest BCUT2D eigenvalue weighted by Crippen LogP contribution is 2.21. The van der Waals surface area contributed by atoms with Gasteiger partial charge in [0.25, 0.3) is 11.5 Å². The van der Waals surface area contributed by atoms with Crippen LogP contribution in [0, 0.1) is 6.92 Å². The molecule has 2 heterocycles. The molecule has 26 heavy (non-hydrogen) atoms. The van der Waals surface area contributed by atoms with Gasteiger partial charge in [0, 0.05) is 11.8 Å². The number of aromatic amines is 1. The van der Waals surface area contributed by atoms with Crippen LogP contribution in [0.1, 0.15) is 47.8 Å². The van der Waals surface area contributed by atoms with E-state index in [2.05, 4.69) is 34.5 Å². The van der Waals surface area contributed by atoms with E-state index in [1.807, 2.05) is 24.3 Å². The first-order valence-electron chi connectivity index (χ1n) is 8.51. The molecule has 3 aromatic rings. The number of amides is 1. The quantitative estimate of drug-likeness (QED) is 0.739. The van der Waals surface area contributed by atoms with Crippen LogP contribution in [0.3, 0.4) is 0 Å². The number of nitrogens with one attached hydrogen (secondary N) is 2. The van der Waals surface area contributed by atoms with Crippen molar-refractivity contribution in [3.63, 3.8) is 0 Å². The summed E-state index contributed by atoms with van der Waals surface area (Å²) in [4.78, 5) is 23.7. The highest BCUT2D eigenvalue weighted by Gasteiger charge is 2.16. The Balaban J connectivity index is 1.78. The third kappa shape index (κ3) is 3.56. The Hall–Kier alpha value is -3.22. The van der Waals surface area contributed by atoms with Crippen LogP contribution in [-0.2, 0) is 0 Å². The number of carbonyl (C=O) groups is 1. The number of carbonyl (C=O) groups excluding carboxylic acids is 1. The van der Waals surface area contributed by atoms with Crippen molar-refractivity contribution in [3.05, 3.63) is 69.8 Å². The van der Waals surface area contributed by atoms with Gasteiger partial charge in [-0.3, -0.25) is 9.59 Å². The minimum atomic E-state index is -0.294. The molecule has 0 unspecified atom stereocenters. The fourth-order valence-corrected chi connectivity index (χ4v) is 2.65. The summed E-state index contributed by atoms with van der Waals surface area (Å²) in [7, 11) is 0. The van der Waals surface area contributed by atoms with Crippen LogP contribution >= 0.6 is 0 Å². The van der Waals surface area contributed by atoms with Crippen molar-refractivity contribution < 1.29 is 4.79 Å². The van der Waals surface area contributed by atoms with Gasteiger partial charge in [-0.2, -0.15) is 10.2 Å². The fraction of sp³-hybridized carbons (Fsp3) is 0.263. The number of H-pyrrole nitrogens is 1. The maximum absolute atomic E-state index is 12.6. The summed E-state index contributed by atoms with van der Waals surface area (Å²) in [6.07, 6.45) is 2.56. The summed E-state index contributed by atoms with van der Waals surface area (Å²) in [5.41, 5.74) is 2.77. The minimum absolute atomic E-state index is 0.241. The number of anilines is 1. The number of hydrogen-bond acceptors (Lipinski definition) is 4. The van der Waals surface area contributed by atoms with Gasteiger partial charge in [0.1, 0.15) is 0 Å². The zero-order valence-corrected chi connectivity index (χ0v) is 15.0. The molecule has 3 rings (SSSR count). The largest absolute Gasteiger partial charge is 0.322 e. The third-order valence-corrected chi connectivity index (χ3v) is 4.49. The SMILES string of the molecule is CC[C@H](C)c1ccc(NC(=O)c2cnn(-c3ccc(=O)[nH]n3)c2C)cc1. The van der Waals surface area contributed by atoms with Gasteiger partial charge in [-0.15, -0.1) is 0 Å². The van der Waals surface area contributed by atoms with Gasteiger partial charge in [0.2, 0.25) is 0 Å². The van der Waals surface area contributed by atoms with Gasteiger partial charge in [0.15, 0.2) is 5.82 Å². The predicted molar refractivity (Wildman–Crippen MR) is 99.8 cm³/mol. The van der Waals surface area contributed by atoms with Gasteiger partial charge in [-0.25, -0.2) is 9.78 Å². The minimum Gasteiger partial charge on any atom is -0.322 e. The molecule has 1 amide bonds. The highest BCUT2D eigenvalue weighted by molar-refractivity contribution is 6.04. The number of aromatic nitrogens is 4. The first kappa shape index (κ1) is 17.6. The van der Waals surface area contributed by atoms with Gasteiger partial charge >= 0.3 is 0 Å². The molecule has 1 atom stereocenters. The molecule has 2 N–H and O–H groups in total. The first-order valence-corrected chi connectivity index (χ1v) is 8.51. The van der Waals surface area contributed by atoms with Crippen LogP contribution in [0.15, 0.2) is 47.4 Å². The van der Waals surface area contributed by atoms with Crippen molar-refractivity contribution in [1.82, 2.24) is 20.0 Å². The number of benzene rings is 1. The van der Waals surface area contributed by atoms with Crippen molar-refractivity contribution >= 4 is 11.6 Å². The summed E-state index contributed by atoms with van der Waals surface area (Å²) < 4.78 is 1.51. The Morgan fingerprint density at radius 2 is 1.96 bits per heavy atom. The lowest BCUT2D eigenvalue weighted by molar-refractivity contribution is 0.102. The lowest BCUT2D eigenvalue weighted by atomic mass is 9.98. The molecular weight excluding hydrogens is 330 g/mol. The van der Waals surface area contributed by atoms with Crippen molar-refractivity contribution in [2.45, 2.75) is 33.1 Å². The van der Waals surface area contributed by atoms with E-state index in [0.717, 1.165) is 12.1 Å². The van der Waals surface area contributed by atoms with E-state index < -0.39 is 0 Å². The van der Waals surface area contributed by atoms with Crippen molar-refractivity contribution in [1.29, 1.82) is 0 Å². The van der Waals surface area contributed by atoms with Gasteiger partial charge < -0.3 is 5.32 Å². The monoisotopic (exact) mass is 351 g/mol. The van der Waals surface area contributed by atoms with Crippen LogP contribution in [0.4, 0.5) is 5.69 Å². The average molecular weight is 351 g/mol. The number of rotatable bonds is 5. The average Bonchev–Trinajstić information content (AvgIpc) is 3.04. The summed E-state index contributed by atoms with van der Waals surface area (Å²) in [6.45, 7) is 6.11. The summed E-state index contributed by atoms with van der Waals surface area (Å²) >= 11 is 0. The maximum atomic E-state index is 12.6. The molecular formula is C19H21N5O2. The molecule has 0 spiro atoms. The molecule has 134 valence electrons. The zero-order chi connectivity index (χ0) is 18.7. The van der Waals surface area contributed by atoms with E-state index >= 15 is 0 Å². The Labute approximate surface area is 151 Å². The van der Waals surface area contributed by atoms with Crippen LogP contribution in [-0.4, -0.2) is 25.9 Å². The van der Waals surface area contributed by atoms with Crippen LogP contribution in [0.25, 0.3) is 5.82 Å². The van der Waals surface area contributed by atoms with Crippen LogP contribution < -0.4 is 10.9 Å². The zero-order valence-electron chi connectivity index (χ0n) is 15.0. The summed E-state index contributed by atoms with van der Waals surface area (Å²) in [6, 6.07) is 10.8. The van der Waals surface area contributed by atoms with E-state index in [-0.39, 0.29) is 11.5 Å². The molecule has 0 saturated carbocycles. The first-order chi connectivity index (χ1) is 12.5. The number of nitrogens with zero attached hydrogens (tertiary/aromatic N) is 3. The van der Waals surface area contributed by atoms with E-state index in [4.69, 9.17) is 0 Å². The second kappa shape index (κ2) is 7.35. The second-order valence-corrected chi connectivity index (χ2v) is 6.22. The standard InChI is InChI=1S/C19H21N5O2/c1-4-12(2)14-5-7-15(8-6-14)21-19(26)16-11-20-24(13(16)3)17-9-10-18(25)23-22-17/h5-12H,4H2,1-3H3,(H,21,26)(H,23,25)/t12-/m0/s1.